The standard InChI is InChI=1S/C16H27N3/c1-18(16-8-3-2-4-9-16)12-7-10-17-11-15-19-13-5-6-14-19/h2-4,8-9,17H,5-7,10-15H2,1H3. The Balaban J connectivity index is 1.49. The van der Waals surface area contributed by atoms with E-state index in [2.05, 4.69) is 52.5 Å². The molecule has 3 heteroatoms. The predicted molar refractivity (Wildman–Crippen MR) is 82.9 cm³/mol. The fourth-order valence-electron chi connectivity index (χ4n) is 2.62. The Morgan fingerprint density at radius 1 is 1.11 bits per heavy atom. The Morgan fingerprint density at radius 2 is 1.84 bits per heavy atom. The summed E-state index contributed by atoms with van der Waals surface area (Å²) in [4.78, 5) is 4.88. The highest BCUT2D eigenvalue weighted by atomic mass is 15.1. The van der Waals surface area contributed by atoms with Gasteiger partial charge >= 0.3 is 0 Å². The number of rotatable bonds is 8. The van der Waals surface area contributed by atoms with Gasteiger partial charge in [-0.3, -0.25) is 0 Å². The molecule has 1 aromatic rings. The zero-order valence-corrected chi connectivity index (χ0v) is 12.1. The molecule has 106 valence electrons. The normalized spacial score (nSPS) is 15.8. The molecule has 1 aliphatic heterocycles. The number of para-hydroxylation sites is 1. The molecule has 0 saturated carbocycles. The highest BCUT2D eigenvalue weighted by Crippen LogP contribution is 2.10. The summed E-state index contributed by atoms with van der Waals surface area (Å²) < 4.78 is 0. The second-order valence-electron chi connectivity index (χ2n) is 5.41. The quantitative estimate of drug-likeness (QED) is 0.724. The second kappa shape index (κ2) is 8.18. The number of nitrogens with zero attached hydrogens (tertiary/aromatic N) is 2. The Morgan fingerprint density at radius 3 is 2.58 bits per heavy atom. The van der Waals surface area contributed by atoms with Crippen molar-refractivity contribution in [2.45, 2.75) is 19.3 Å². The monoisotopic (exact) mass is 261 g/mol. The van der Waals surface area contributed by atoms with Crippen molar-refractivity contribution in [3.63, 3.8) is 0 Å². The maximum Gasteiger partial charge on any atom is 0.0363 e. The van der Waals surface area contributed by atoms with Crippen LogP contribution in [0.3, 0.4) is 0 Å². The van der Waals surface area contributed by atoms with E-state index in [-0.39, 0.29) is 0 Å². The molecule has 1 aromatic carbocycles. The average Bonchev–Trinajstić information content (AvgIpc) is 2.96. The fraction of sp³-hybridized carbons (Fsp3) is 0.625. The summed E-state index contributed by atoms with van der Waals surface area (Å²) in [7, 11) is 2.17. The first-order valence-electron chi connectivity index (χ1n) is 7.55. The molecule has 0 aromatic heterocycles. The number of anilines is 1. The lowest BCUT2D eigenvalue weighted by Gasteiger charge is -2.19. The van der Waals surface area contributed by atoms with Gasteiger partial charge < -0.3 is 15.1 Å². The third-order valence-corrected chi connectivity index (χ3v) is 3.85. The SMILES string of the molecule is CN(CCCNCCN1CCCC1)c1ccccc1. The average molecular weight is 261 g/mol. The van der Waals surface area contributed by atoms with Crippen LogP contribution < -0.4 is 10.2 Å². The van der Waals surface area contributed by atoms with Gasteiger partial charge in [0.1, 0.15) is 0 Å². The Hall–Kier alpha value is -1.06. The maximum absolute atomic E-state index is 3.55. The number of hydrogen-bond donors (Lipinski definition) is 1. The number of nitrogens with one attached hydrogen (secondary N) is 1. The van der Waals surface area contributed by atoms with Gasteiger partial charge in [-0.15, -0.1) is 0 Å². The zero-order chi connectivity index (χ0) is 13.3. The molecule has 1 N–H and O–H groups in total. The topological polar surface area (TPSA) is 18.5 Å². The summed E-state index contributed by atoms with van der Waals surface area (Å²) >= 11 is 0. The minimum atomic E-state index is 1.11. The van der Waals surface area contributed by atoms with Crippen LogP contribution in [0.4, 0.5) is 5.69 Å². The van der Waals surface area contributed by atoms with Gasteiger partial charge in [0, 0.05) is 32.4 Å². The van der Waals surface area contributed by atoms with Crippen molar-refractivity contribution in [2.75, 3.05) is 51.2 Å². The van der Waals surface area contributed by atoms with Crippen LogP contribution in [0, 0.1) is 0 Å². The summed E-state index contributed by atoms with van der Waals surface area (Å²) in [6, 6.07) is 10.6. The first-order valence-corrected chi connectivity index (χ1v) is 7.55. The van der Waals surface area contributed by atoms with Crippen molar-refractivity contribution in [1.82, 2.24) is 10.2 Å². The van der Waals surface area contributed by atoms with E-state index in [0.29, 0.717) is 0 Å². The maximum atomic E-state index is 3.55. The third kappa shape index (κ3) is 5.21. The van der Waals surface area contributed by atoms with Gasteiger partial charge in [0.2, 0.25) is 0 Å². The molecule has 0 atom stereocenters. The lowest BCUT2D eigenvalue weighted by atomic mass is 10.3. The highest BCUT2D eigenvalue weighted by Gasteiger charge is 2.09. The largest absolute Gasteiger partial charge is 0.375 e. The van der Waals surface area contributed by atoms with Crippen LogP contribution in [-0.4, -0.2) is 51.2 Å². The van der Waals surface area contributed by atoms with Crippen LogP contribution in [0.2, 0.25) is 0 Å². The summed E-state index contributed by atoms with van der Waals surface area (Å²) in [6.07, 6.45) is 3.98. The van der Waals surface area contributed by atoms with Gasteiger partial charge in [0.25, 0.3) is 0 Å². The van der Waals surface area contributed by atoms with Crippen LogP contribution in [0.5, 0.6) is 0 Å². The summed E-state index contributed by atoms with van der Waals surface area (Å²) in [6.45, 7) is 7.19. The van der Waals surface area contributed by atoms with Gasteiger partial charge in [-0.05, 0) is 51.0 Å². The van der Waals surface area contributed by atoms with Crippen LogP contribution >= 0.6 is 0 Å². The van der Waals surface area contributed by atoms with Gasteiger partial charge in [0.05, 0.1) is 0 Å². The van der Waals surface area contributed by atoms with E-state index >= 15 is 0 Å². The van der Waals surface area contributed by atoms with Gasteiger partial charge in [-0.2, -0.15) is 0 Å². The zero-order valence-electron chi connectivity index (χ0n) is 12.1. The first-order chi connectivity index (χ1) is 9.36. The molecular formula is C16H27N3. The van der Waals surface area contributed by atoms with Gasteiger partial charge in [-0.25, -0.2) is 0 Å². The lowest BCUT2D eigenvalue weighted by molar-refractivity contribution is 0.336. The smallest absolute Gasteiger partial charge is 0.0363 e. The van der Waals surface area contributed by atoms with E-state index in [4.69, 9.17) is 0 Å². The van der Waals surface area contributed by atoms with Crippen LogP contribution in [0.1, 0.15) is 19.3 Å². The minimum absolute atomic E-state index is 1.11. The van der Waals surface area contributed by atoms with Crippen molar-refractivity contribution in [3.05, 3.63) is 30.3 Å². The van der Waals surface area contributed by atoms with E-state index in [9.17, 15) is 0 Å². The molecule has 0 amide bonds. The Kier molecular flexibility index (Phi) is 6.18. The van der Waals surface area contributed by atoms with Crippen molar-refractivity contribution >= 4 is 5.69 Å². The van der Waals surface area contributed by atoms with Gasteiger partial charge in [0.15, 0.2) is 0 Å². The molecule has 0 bridgehead atoms. The summed E-state index contributed by atoms with van der Waals surface area (Å²) in [5.74, 6) is 0. The molecule has 1 heterocycles. The predicted octanol–water partition coefficient (Wildman–Crippen LogP) is 2.20. The highest BCUT2D eigenvalue weighted by molar-refractivity contribution is 5.44. The van der Waals surface area contributed by atoms with Crippen molar-refractivity contribution in [3.8, 4) is 0 Å². The van der Waals surface area contributed by atoms with E-state index in [0.717, 1.165) is 19.6 Å². The number of hydrogen-bond acceptors (Lipinski definition) is 3. The fourth-order valence-corrected chi connectivity index (χ4v) is 2.62. The molecular weight excluding hydrogens is 234 g/mol. The molecule has 1 saturated heterocycles. The van der Waals surface area contributed by atoms with Crippen LogP contribution in [0.25, 0.3) is 0 Å². The molecule has 19 heavy (non-hydrogen) atoms. The molecule has 0 aliphatic carbocycles. The molecule has 3 nitrogen and oxygen atoms in total. The molecule has 0 spiro atoms. The third-order valence-electron chi connectivity index (χ3n) is 3.85. The van der Waals surface area contributed by atoms with E-state index in [1.54, 1.807) is 0 Å². The first kappa shape index (κ1) is 14.4. The van der Waals surface area contributed by atoms with Crippen molar-refractivity contribution < 1.29 is 0 Å². The molecule has 0 radical (unpaired) electrons. The Bertz CT molecular complexity index is 333. The van der Waals surface area contributed by atoms with Crippen LogP contribution in [-0.2, 0) is 0 Å². The van der Waals surface area contributed by atoms with E-state index in [1.165, 1.54) is 44.6 Å². The summed E-state index contributed by atoms with van der Waals surface area (Å²) in [5.41, 5.74) is 1.31. The minimum Gasteiger partial charge on any atom is -0.375 e. The molecule has 1 fully saturated rings. The van der Waals surface area contributed by atoms with Crippen molar-refractivity contribution in [2.24, 2.45) is 0 Å². The van der Waals surface area contributed by atoms with Crippen LogP contribution in [0.15, 0.2) is 30.3 Å². The van der Waals surface area contributed by atoms with Gasteiger partial charge in [-0.1, -0.05) is 18.2 Å². The van der Waals surface area contributed by atoms with Crippen molar-refractivity contribution in [1.29, 1.82) is 0 Å². The molecule has 0 unspecified atom stereocenters. The molecule has 2 rings (SSSR count). The second-order valence-corrected chi connectivity index (χ2v) is 5.41. The lowest BCUT2D eigenvalue weighted by Crippen LogP contribution is -2.31. The molecule has 1 aliphatic rings. The Labute approximate surface area is 117 Å². The van der Waals surface area contributed by atoms with E-state index < -0.39 is 0 Å². The summed E-state index contributed by atoms with van der Waals surface area (Å²) in [5, 5.41) is 3.55. The van der Waals surface area contributed by atoms with E-state index in [1.807, 2.05) is 0 Å². The number of benzene rings is 1. The number of likely N-dealkylation sites (tertiary alicyclic amines) is 1.